The number of imide groups is 1. The molecule has 0 bridgehead atoms. The molecule has 2 aromatic carbocycles. The van der Waals surface area contributed by atoms with Gasteiger partial charge in [0.05, 0.1) is 19.1 Å². The molecular weight excluding hydrogens is 428 g/mol. The zero-order valence-corrected chi connectivity index (χ0v) is 19.0. The third-order valence-corrected chi connectivity index (χ3v) is 5.74. The first-order valence-electron chi connectivity index (χ1n) is 9.84. The van der Waals surface area contributed by atoms with E-state index in [4.69, 9.17) is 9.47 Å². The molecule has 166 valence electrons. The highest BCUT2D eigenvalue weighted by Gasteiger charge is 2.36. The van der Waals surface area contributed by atoms with Gasteiger partial charge in [-0.15, -0.1) is 6.58 Å². The van der Waals surface area contributed by atoms with Crippen molar-refractivity contribution < 1.29 is 23.9 Å². The van der Waals surface area contributed by atoms with E-state index in [0.717, 1.165) is 27.8 Å². The van der Waals surface area contributed by atoms with Gasteiger partial charge in [0.1, 0.15) is 6.54 Å². The summed E-state index contributed by atoms with van der Waals surface area (Å²) in [5, 5.41) is 2.25. The highest BCUT2D eigenvalue weighted by Crippen LogP contribution is 2.36. The van der Waals surface area contributed by atoms with E-state index >= 15 is 0 Å². The molecule has 8 heteroatoms. The lowest BCUT2D eigenvalue weighted by molar-refractivity contribution is -0.127. The first-order valence-corrected chi connectivity index (χ1v) is 10.7. The number of benzene rings is 2. The number of hydrogen-bond acceptors (Lipinski definition) is 6. The maximum absolute atomic E-state index is 12.8. The van der Waals surface area contributed by atoms with Gasteiger partial charge in [0.25, 0.3) is 11.1 Å². The minimum absolute atomic E-state index is 0.232. The van der Waals surface area contributed by atoms with Gasteiger partial charge in [-0.05, 0) is 60.5 Å². The van der Waals surface area contributed by atoms with Crippen molar-refractivity contribution in [1.29, 1.82) is 0 Å². The third-order valence-electron chi connectivity index (χ3n) is 4.83. The number of aryl methyl sites for hydroxylation is 1. The van der Waals surface area contributed by atoms with E-state index < -0.39 is 17.1 Å². The maximum Gasteiger partial charge on any atom is 0.294 e. The summed E-state index contributed by atoms with van der Waals surface area (Å²) in [5.74, 6) is 0.141. The molecule has 7 nitrogen and oxygen atoms in total. The van der Waals surface area contributed by atoms with Gasteiger partial charge in [-0.1, -0.05) is 24.3 Å². The Morgan fingerprint density at radius 2 is 1.94 bits per heavy atom. The summed E-state index contributed by atoms with van der Waals surface area (Å²) < 4.78 is 10.8. The summed E-state index contributed by atoms with van der Waals surface area (Å²) in [4.78, 5) is 38.8. The molecule has 3 amide bonds. The zero-order valence-electron chi connectivity index (χ0n) is 18.1. The van der Waals surface area contributed by atoms with Gasteiger partial charge in [0.15, 0.2) is 11.5 Å². The van der Waals surface area contributed by atoms with E-state index in [1.165, 1.54) is 7.11 Å². The van der Waals surface area contributed by atoms with Crippen LogP contribution in [-0.2, 0) is 16.0 Å². The summed E-state index contributed by atoms with van der Waals surface area (Å²) in [7, 11) is 3.08. The Morgan fingerprint density at radius 3 is 2.59 bits per heavy atom. The molecule has 0 unspecified atom stereocenters. The van der Waals surface area contributed by atoms with Crippen molar-refractivity contribution in [2.75, 3.05) is 26.1 Å². The number of anilines is 1. The molecule has 1 N–H and O–H groups in total. The maximum atomic E-state index is 12.8. The molecule has 0 spiro atoms. The molecule has 0 saturated carbocycles. The predicted octanol–water partition coefficient (Wildman–Crippen LogP) is 4.42. The quantitative estimate of drug-likeness (QED) is 0.472. The lowest BCUT2D eigenvalue weighted by Gasteiger charge is -2.14. The number of para-hydroxylation sites is 1. The van der Waals surface area contributed by atoms with Crippen LogP contribution in [-0.4, -0.2) is 42.7 Å². The van der Waals surface area contributed by atoms with Crippen molar-refractivity contribution >= 4 is 40.6 Å². The lowest BCUT2D eigenvalue weighted by Crippen LogP contribution is -2.36. The van der Waals surface area contributed by atoms with Crippen molar-refractivity contribution in [2.45, 2.75) is 13.3 Å². The second-order valence-electron chi connectivity index (χ2n) is 7.04. The number of ether oxygens (including phenoxy) is 2. The van der Waals surface area contributed by atoms with Gasteiger partial charge >= 0.3 is 0 Å². The van der Waals surface area contributed by atoms with Crippen molar-refractivity contribution in [2.24, 2.45) is 0 Å². The molecule has 0 atom stereocenters. The fourth-order valence-corrected chi connectivity index (χ4v) is 4.13. The van der Waals surface area contributed by atoms with Crippen LogP contribution in [0.2, 0.25) is 0 Å². The van der Waals surface area contributed by atoms with Gasteiger partial charge in [0.2, 0.25) is 5.91 Å². The molecule has 0 aromatic heterocycles. The third kappa shape index (κ3) is 5.03. The summed E-state index contributed by atoms with van der Waals surface area (Å²) in [6.07, 6.45) is 3.89. The highest BCUT2D eigenvalue weighted by atomic mass is 32.2. The Bertz CT molecular complexity index is 1110. The fraction of sp³-hybridized carbons (Fsp3) is 0.208. The van der Waals surface area contributed by atoms with Crippen LogP contribution in [0.15, 0.2) is 54.0 Å². The Labute approximate surface area is 191 Å². The standard InChI is InChI=1S/C24H24N2O5S/c1-5-8-17-11-16(12-19(30-3)22(17)31-4)13-20-23(28)26(24(29)32-20)14-21(27)25-18-10-7-6-9-15(18)2/h5-7,9-13H,1,8,14H2,2-4H3,(H,25,27). The Kier molecular flexibility index (Phi) is 7.37. The van der Waals surface area contributed by atoms with Crippen molar-refractivity contribution in [3.05, 3.63) is 70.6 Å². The van der Waals surface area contributed by atoms with Crippen LogP contribution in [0.1, 0.15) is 16.7 Å². The Balaban J connectivity index is 1.81. The van der Waals surface area contributed by atoms with E-state index in [-0.39, 0.29) is 11.4 Å². The van der Waals surface area contributed by atoms with E-state index in [0.29, 0.717) is 29.2 Å². The lowest BCUT2D eigenvalue weighted by atomic mass is 10.0. The first-order chi connectivity index (χ1) is 15.4. The molecule has 3 rings (SSSR count). The van der Waals surface area contributed by atoms with Gasteiger partial charge in [-0.2, -0.15) is 0 Å². The van der Waals surface area contributed by atoms with Crippen LogP contribution in [0.4, 0.5) is 10.5 Å². The number of rotatable bonds is 8. The highest BCUT2D eigenvalue weighted by molar-refractivity contribution is 8.18. The number of nitrogens with zero attached hydrogens (tertiary/aromatic N) is 1. The van der Waals surface area contributed by atoms with Crippen molar-refractivity contribution in [3.8, 4) is 11.5 Å². The molecule has 0 aliphatic carbocycles. The van der Waals surface area contributed by atoms with Crippen LogP contribution in [0, 0.1) is 6.92 Å². The summed E-state index contributed by atoms with van der Waals surface area (Å²) >= 11 is 0.797. The first kappa shape index (κ1) is 23.1. The molecule has 0 radical (unpaired) electrons. The van der Waals surface area contributed by atoms with Crippen molar-refractivity contribution in [3.63, 3.8) is 0 Å². The average Bonchev–Trinajstić information content (AvgIpc) is 3.02. The van der Waals surface area contributed by atoms with Crippen LogP contribution in [0.25, 0.3) is 6.08 Å². The minimum atomic E-state index is -0.514. The minimum Gasteiger partial charge on any atom is -0.493 e. The molecule has 1 heterocycles. The number of hydrogen-bond donors (Lipinski definition) is 1. The van der Waals surface area contributed by atoms with Crippen LogP contribution in [0.5, 0.6) is 11.5 Å². The predicted molar refractivity (Wildman–Crippen MR) is 126 cm³/mol. The molecular formula is C24H24N2O5S. The van der Waals surface area contributed by atoms with Crippen molar-refractivity contribution in [1.82, 2.24) is 4.90 Å². The number of carbonyl (C=O) groups is 3. The molecule has 1 aliphatic heterocycles. The number of nitrogens with one attached hydrogen (secondary N) is 1. The normalized spacial score (nSPS) is 14.6. The summed E-state index contributed by atoms with van der Waals surface area (Å²) in [6.45, 7) is 5.26. The second-order valence-corrected chi connectivity index (χ2v) is 8.03. The topological polar surface area (TPSA) is 84.9 Å². The largest absolute Gasteiger partial charge is 0.493 e. The number of methoxy groups -OCH3 is 2. The molecule has 1 saturated heterocycles. The second kappa shape index (κ2) is 10.2. The van der Waals surface area contributed by atoms with Crippen LogP contribution >= 0.6 is 11.8 Å². The molecule has 1 aliphatic rings. The summed E-state index contributed by atoms with van der Waals surface area (Å²) in [5.41, 5.74) is 3.04. The Morgan fingerprint density at radius 1 is 1.19 bits per heavy atom. The zero-order chi connectivity index (χ0) is 23.3. The SMILES string of the molecule is C=CCc1cc(C=C2SC(=O)N(CC(=O)Nc3ccccc3C)C2=O)cc(OC)c1OC. The van der Waals surface area contributed by atoms with Crippen LogP contribution < -0.4 is 14.8 Å². The molecule has 1 fully saturated rings. The van der Waals surface area contributed by atoms with Gasteiger partial charge in [-0.25, -0.2) is 0 Å². The fourth-order valence-electron chi connectivity index (χ4n) is 3.29. The van der Waals surface area contributed by atoms with Crippen LogP contribution in [0.3, 0.4) is 0 Å². The smallest absolute Gasteiger partial charge is 0.294 e. The van der Waals surface area contributed by atoms with E-state index in [1.807, 2.05) is 25.1 Å². The number of amides is 3. The van der Waals surface area contributed by atoms with E-state index in [9.17, 15) is 14.4 Å². The Hall–Kier alpha value is -3.52. The number of thioether (sulfide) groups is 1. The van der Waals surface area contributed by atoms with E-state index in [1.54, 1.807) is 37.5 Å². The molecule has 2 aromatic rings. The van der Waals surface area contributed by atoms with Gasteiger partial charge in [-0.3, -0.25) is 19.3 Å². The molecule has 32 heavy (non-hydrogen) atoms. The van der Waals surface area contributed by atoms with Gasteiger partial charge < -0.3 is 14.8 Å². The summed E-state index contributed by atoms with van der Waals surface area (Å²) in [6, 6.07) is 10.9. The monoisotopic (exact) mass is 452 g/mol. The average molecular weight is 453 g/mol. The van der Waals surface area contributed by atoms with E-state index in [2.05, 4.69) is 11.9 Å². The number of allylic oxidation sites excluding steroid dienone is 1. The number of carbonyl (C=O) groups excluding carboxylic acids is 3. The van der Waals surface area contributed by atoms with Gasteiger partial charge in [0, 0.05) is 11.3 Å².